The van der Waals surface area contributed by atoms with Gasteiger partial charge in [-0.15, -0.1) is 0 Å². The van der Waals surface area contributed by atoms with Crippen LogP contribution in [-0.2, 0) is 0 Å². The number of nitrogens with two attached hydrogens (primary N) is 1. The summed E-state index contributed by atoms with van der Waals surface area (Å²) in [5, 5.41) is 3.36. The quantitative estimate of drug-likeness (QED) is 0.799. The number of anilines is 2. The molecule has 3 N–H and O–H groups in total. The van der Waals surface area contributed by atoms with E-state index >= 15 is 0 Å². The first-order chi connectivity index (χ1) is 7.71. The maximum atomic E-state index is 5.70. The predicted octanol–water partition coefficient (Wildman–Crippen LogP) is 2.23. The van der Waals surface area contributed by atoms with E-state index in [1.807, 2.05) is 17.8 Å². The van der Waals surface area contributed by atoms with Gasteiger partial charge in [0.05, 0.1) is 12.8 Å². The maximum absolute atomic E-state index is 5.70. The van der Waals surface area contributed by atoms with Gasteiger partial charge in [0.25, 0.3) is 0 Å². The van der Waals surface area contributed by atoms with Crippen LogP contribution in [0.3, 0.4) is 0 Å². The summed E-state index contributed by atoms with van der Waals surface area (Å²) >= 11 is 1.82. The largest absolute Gasteiger partial charge is 0.479 e. The molecule has 1 aromatic heterocycles. The molecule has 4 nitrogen and oxygen atoms in total. The van der Waals surface area contributed by atoms with Gasteiger partial charge in [0, 0.05) is 11.8 Å². The molecular formula is C11H19N3OS. The van der Waals surface area contributed by atoms with Crippen LogP contribution in [0.1, 0.15) is 13.3 Å². The number of thioether (sulfide) groups is 1. The van der Waals surface area contributed by atoms with Gasteiger partial charge in [-0.25, -0.2) is 0 Å². The van der Waals surface area contributed by atoms with Crippen LogP contribution in [0.5, 0.6) is 5.88 Å². The average Bonchev–Trinajstić information content (AvgIpc) is 2.30. The second-order valence-corrected chi connectivity index (χ2v) is 4.41. The zero-order chi connectivity index (χ0) is 12.0. The molecule has 16 heavy (non-hydrogen) atoms. The molecule has 1 aromatic rings. The van der Waals surface area contributed by atoms with Crippen molar-refractivity contribution in [3.63, 3.8) is 0 Å². The highest BCUT2D eigenvalue weighted by Gasteiger charge is 2.08. The van der Waals surface area contributed by atoms with Crippen molar-refractivity contribution >= 4 is 23.3 Å². The monoisotopic (exact) mass is 241 g/mol. The number of hydrogen-bond acceptors (Lipinski definition) is 5. The van der Waals surface area contributed by atoms with Crippen molar-refractivity contribution < 1.29 is 4.74 Å². The molecule has 1 rings (SSSR count). The van der Waals surface area contributed by atoms with Crippen LogP contribution >= 0.6 is 11.8 Å². The summed E-state index contributed by atoms with van der Waals surface area (Å²) in [4.78, 5) is 4.29. The van der Waals surface area contributed by atoms with E-state index < -0.39 is 0 Å². The highest BCUT2D eigenvalue weighted by molar-refractivity contribution is 7.98. The number of pyridine rings is 1. The average molecular weight is 241 g/mol. The fraction of sp³-hybridized carbons (Fsp3) is 0.545. The summed E-state index contributed by atoms with van der Waals surface area (Å²) in [5.41, 5.74) is 6.26. The number of hydrogen-bond donors (Lipinski definition) is 2. The summed E-state index contributed by atoms with van der Waals surface area (Å²) in [6.45, 7) is 2.16. The molecule has 0 fully saturated rings. The molecule has 0 aliphatic rings. The summed E-state index contributed by atoms with van der Waals surface area (Å²) in [7, 11) is 1.57. The lowest BCUT2D eigenvalue weighted by atomic mass is 10.2. The van der Waals surface area contributed by atoms with Gasteiger partial charge in [-0.05, 0) is 24.8 Å². The summed E-state index contributed by atoms with van der Waals surface area (Å²) < 4.78 is 5.08. The molecule has 0 amide bonds. The summed E-state index contributed by atoms with van der Waals surface area (Å²) in [6.07, 6.45) is 3.16. The molecule has 0 saturated heterocycles. The SMILES string of the molecule is CCC(CSC)Nc1ccc(N)c(OC)n1. The molecule has 0 bridgehead atoms. The van der Waals surface area contributed by atoms with E-state index in [-0.39, 0.29) is 0 Å². The van der Waals surface area contributed by atoms with Gasteiger partial charge in [-0.1, -0.05) is 6.92 Å². The van der Waals surface area contributed by atoms with Crippen LogP contribution in [0, 0.1) is 0 Å². The van der Waals surface area contributed by atoms with Gasteiger partial charge in [0.1, 0.15) is 5.82 Å². The highest BCUT2D eigenvalue weighted by Crippen LogP contribution is 2.21. The number of nitrogen functional groups attached to an aromatic ring is 1. The normalized spacial score (nSPS) is 12.2. The Hall–Kier alpha value is -1.10. The number of nitrogens with zero attached hydrogens (tertiary/aromatic N) is 1. The second kappa shape index (κ2) is 6.48. The lowest BCUT2D eigenvalue weighted by Gasteiger charge is -2.17. The van der Waals surface area contributed by atoms with Crippen molar-refractivity contribution in [2.24, 2.45) is 0 Å². The third kappa shape index (κ3) is 3.48. The van der Waals surface area contributed by atoms with E-state index in [2.05, 4.69) is 23.5 Å². The number of ether oxygens (including phenoxy) is 1. The van der Waals surface area contributed by atoms with E-state index in [1.54, 1.807) is 13.2 Å². The van der Waals surface area contributed by atoms with Gasteiger partial charge in [-0.2, -0.15) is 16.7 Å². The Morgan fingerprint density at radius 1 is 1.56 bits per heavy atom. The molecule has 0 saturated carbocycles. The van der Waals surface area contributed by atoms with Gasteiger partial charge in [0.2, 0.25) is 5.88 Å². The van der Waals surface area contributed by atoms with Crippen molar-refractivity contribution in [2.75, 3.05) is 30.2 Å². The molecule has 0 spiro atoms. The summed E-state index contributed by atoms with van der Waals surface area (Å²) in [5.74, 6) is 2.35. The van der Waals surface area contributed by atoms with Gasteiger partial charge in [-0.3, -0.25) is 0 Å². The smallest absolute Gasteiger partial charge is 0.238 e. The van der Waals surface area contributed by atoms with Gasteiger partial charge in [0.15, 0.2) is 0 Å². The molecular weight excluding hydrogens is 222 g/mol. The predicted molar refractivity (Wildman–Crippen MR) is 71.3 cm³/mol. The second-order valence-electron chi connectivity index (χ2n) is 3.50. The first-order valence-electron chi connectivity index (χ1n) is 5.27. The molecule has 0 radical (unpaired) electrons. The lowest BCUT2D eigenvalue weighted by molar-refractivity contribution is 0.400. The number of methoxy groups -OCH3 is 1. The van der Waals surface area contributed by atoms with Crippen LogP contribution in [-0.4, -0.2) is 30.1 Å². The Morgan fingerprint density at radius 3 is 2.88 bits per heavy atom. The lowest BCUT2D eigenvalue weighted by Crippen LogP contribution is -2.21. The first-order valence-corrected chi connectivity index (χ1v) is 6.66. The molecule has 1 unspecified atom stereocenters. The number of aromatic nitrogens is 1. The molecule has 5 heteroatoms. The molecule has 0 aromatic carbocycles. The third-order valence-corrected chi connectivity index (χ3v) is 3.03. The van der Waals surface area contributed by atoms with Crippen LogP contribution in [0.25, 0.3) is 0 Å². The van der Waals surface area contributed by atoms with Crippen LogP contribution < -0.4 is 15.8 Å². The van der Waals surface area contributed by atoms with Gasteiger partial charge >= 0.3 is 0 Å². The van der Waals surface area contributed by atoms with E-state index in [1.165, 1.54) is 0 Å². The Kier molecular flexibility index (Phi) is 5.25. The van der Waals surface area contributed by atoms with Crippen LogP contribution in [0.15, 0.2) is 12.1 Å². The molecule has 90 valence electrons. The zero-order valence-corrected chi connectivity index (χ0v) is 10.8. The maximum Gasteiger partial charge on any atom is 0.238 e. The van der Waals surface area contributed by atoms with Crippen molar-refractivity contribution in [3.8, 4) is 5.88 Å². The fourth-order valence-electron chi connectivity index (χ4n) is 1.37. The Morgan fingerprint density at radius 2 is 2.31 bits per heavy atom. The van der Waals surface area contributed by atoms with E-state index in [9.17, 15) is 0 Å². The topological polar surface area (TPSA) is 60.2 Å². The molecule has 0 aliphatic carbocycles. The van der Waals surface area contributed by atoms with E-state index in [0.29, 0.717) is 17.6 Å². The first kappa shape index (κ1) is 13.0. The third-order valence-electron chi connectivity index (χ3n) is 2.30. The molecule has 1 heterocycles. The van der Waals surface area contributed by atoms with Crippen molar-refractivity contribution in [1.82, 2.24) is 4.98 Å². The number of nitrogens with one attached hydrogen (secondary N) is 1. The molecule has 1 atom stereocenters. The Bertz CT molecular complexity index is 333. The minimum atomic E-state index is 0.427. The van der Waals surface area contributed by atoms with Crippen LogP contribution in [0.4, 0.5) is 11.5 Å². The summed E-state index contributed by atoms with van der Waals surface area (Å²) in [6, 6.07) is 4.11. The van der Waals surface area contributed by atoms with E-state index in [0.717, 1.165) is 18.0 Å². The fourth-order valence-corrected chi connectivity index (χ4v) is 2.09. The standard InChI is InChI=1S/C11H19N3OS/c1-4-8(7-16-3)13-10-6-5-9(12)11(14-10)15-2/h5-6,8H,4,7,12H2,1-3H3,(H,13,14). The number of rotatable bonds is 6. The van der Waals surface area contributed by atoms with Crippen molar-refractivity contribution in [1.29, 1.82) is 0 Å². The van der Waals surface area contributed by atoms with Crippen molar-refractivity contribution in [3.05, 3.63) is 12.1 Å². The zero-order valence-electron chi connectivity index (χ0n) is 9.99. The van der Waals surface area contributed by atoms with Gasteiger partial charge < -0.3 is 15.8 Å². The van der Waals surface area contributed by atoms with Crippen molar-refractivity contribution in [2.45, 2.75) is 19.4 Å². The Labute approximate surface area is 101 Å². The minimum Gasteiger partial charge on any atom is -0.479 e. The highest BCUT2D eigenvalue weighted by atomic mass is 32.2. The Balaban J connectivity index is 2.72. The minimum absolute atomic E-state index is 0.427. The van der Waals surface area contributed by atoms with Crippen LogP contribution in [0.2, 0.25) is 0 Å². The molecule has 0 aliphatic heterocycles. The van der Waals surface area contributed by atoms with E-state index in [4.69, 9.17) is 10.5 Å².